The Morgan fingerprint density at radius 2 is 1.78 bits per heavy atom. The molecule has 0 amide bonds. The zero-order chi connectivity index (χ0) is 23.9. The van der Waals surface area contributed by atoms with Crippen LogP contribution < -0.4 is 4.74 Å². The third-order valence-electron chi connectivity index (χ3n) is 6.91. The van der Waals surface area contributed by atoms with Gasteiger partial charge in [-0.25, -0.2) is 0 Å². The lowest BCUT2D eigenvalue weighted by molar-refractivity contribution is 0.154. The van der Waals surface area contributed by atoms with Crippen LogP contribution in [0.25, 0.3) is 55.7 Å². The maximum absolute atomic E-state index is 6.24. The van der Waals surface area contributed by atoms with Gasteiger partial charge in [0.1, 0.15) is 11.4 Å². The van der Waals surface area contributed by atoms with Crippen LogP contribution in [-0.2, 0) is 0 Å². The minimum atomic E-state index is 0.280. The van der Waals surface area contributed by atoms with Gasteiger partial charge in [0.05, 0.1) is 41.1 Å². The third-order valence-corrected chi connectivity index (χ3v) is 7.59. The molecule has 0 unspecified atom stereocenters. The fourth-order valence-corrected chi connectivity index (χ4v) is 5.73. The summed E-state index contributed by atoms with van der Waals surface area (Å²) in [4.78, 5) is 17.3. The average molecular weight is 493 g/mol. The van der Waals surface area contributed by atoms with Gasteiger partial charge in [0.2, 0.25) is 0 Å². The lowest BCUT2D eigenvalue weighted by atomic mass is 9.98. The van der Waals surface area contributed by atoms with Crippen LogP contribution in [0.1, 0.15) is 32.1 Å². The van der Waals surface area contributed by atoms with E-state index in [1.165, 1.54) is 19.3 Å². The maximum Gasteiger partial charge on any atom is 0.138 e. The van der Waals surface area contributed by atoms with Gasteiger partial charge in [0, 0.05) is 45.2 Å². The number of pyridine rings is 3. The second-order valence-electron chi connectivity index (χ2n) is 9.29. The van der Waals surface area contributed by atoms with E-state index in [1.54, 1.807) is 17.5 Å². The first-order chi connectivity index (χ1) is 17.8. The van der Waals surface area contributed by atoms with E-state index < -0.39 is 0 Å². The predicted octanol–water partition coefficient (Wildman–Crippen LogP) is 7.00. The molecule has 8 heteroatoms. The maximum atomic E-state index is 6.24. The van der Waals surface area contributed by atoms with Gasteiger partial charge in [0.25, 0.3) is 0 Å². The molecule has 7 nitrogen and oxygen atoms in total. The number of hydrogen-bond donors (Lipinski definition) is 2. The summed E-state index contributed by atoms with van der Waals surface area (Å²) in [6, 6.07) is 10.3. The zero-order valence-corrected chi connectivity index (χ0v) is 20.4. The minimum absolute atomic E-state index is 0.280. The van der Waals surface area contributed by atoms with E-state index in [4.69, 9.17) is 4.74 Å². The Bertz CT molecular complexity index is 1660. The van der Waals surface area contributed by atoms with Crippen molar-refractivity contribution in [2.24, 2.45) is 0 Å². The van der Waals surface area contributed by atoms with Gasteiger partial charge in [-0.1, -0.05) is 6.42 Å². The van der Waals surface area contributed by atoms with Crippen molar-refractivity contribution in [2.45, 2.75) is 38.2 Å². The number of aromatic nitrogens is 6. The summed E-state index contributed by atoms with van der Waals surface area (Å²) in [7, 11) is 0. The molecule has 6 heterocycles. The van der Waals surface area contributed by atoms with Crippen LogP contribution in [0.2, 0.25) is 0 Å². The van der Waals surface area contributed by atoms with Crippen molar-refractivity contribution in [3.05, 3.63) is 65.9 Å². The zero-order valence-electron chi connectivity index (χ0n) is 19.6. The first-order valence-corrected chi connectivity index (χ1v) is 13.2. The summed E-state index contributed by atoms with van der Waals surface area (Å²) in [5.74, 6) is 0.804. The smallest absolute Gasteiger partial charge is 0.138 e. The molecule has 178 valence electrons. The number of nitrogens with zero attached hydrogens (tertiary/aromatic N) is 4. The molecule has 1 fully saturated rings. The molecule has 0 aromatic carbocycles. The lowest BCUT2D eigenvalue weighted by Gasteiger charge is -2.22. The summed E-state index contributed by atoms with van der Waals surface area (Å²) >= 11 is 1.67. The molecule has 0 bridgehead atoms. The van der Waals surface area contributed by atoms with Gasteiger partial charge >= 0.3 is 0 Å². The largest absolute Gasteiger partial charge is 0.489 e. The molecule has 0 aliphatic heterocycles. The van der Waals surface area contributed by atoms with Crippen LogP contribution in [0.3, 0.4) is 0 Å². The molecule has 0 saturated heterocycles. The summed E-state index contributed by atoms with van der Waals surface area (Å²) < 4.78 is 6.24. The fourth-order valence-electron chi connectivity index (χ4n) is 5.09. The first-order valence-electron chi connectivity index (χ1n) is 12.3. The molecule has 1 aliphatic rings. The van der Waals surface area contributed by atoms with E-state index in [-0.39, 0.29) is 6.10 Å². The van der Waals surface area contributed by atoms with E-state index >= 15 is 0 Å². The van der Waals surface area contributed by atoms with E-state index in [2.05, 4.69) is 59.1 Å². The van der Waals surface area contributed by atoms with Gasteiger partial charge in [-0.3, -0.25) is 20.1 Å². The molecule has 1 saturated carbocycles. The van der Waals surface area contributed by atoms with Gasteiger partial charge in [0.15, 0.2) is 0 Å². The van der Waals surface area contributed by atoms with Crippen LogP contribution in [0, 0.1) is 0 Å². The second-order valence-corrected chi connectivity index (χ2v) is 10.1. The number of rotatable bonds is 5. The van der Waals surface area contributed by atoms with Crippen LogP contribution in [0.15, 0.2) is 65.9 Å². The Morgan fingerprint density at radius 3 is 2.67 bits per heavy atom. The molecule has 7 rings (SSSR count). The Hall–Kier alpha value is -4.04. The van der Waals surface area contributed by atoms with Crippen LogP contribution in [0.5, 0.6) is 5.75 Å². The Kier molecular flexibility index (Phi) is 5.24. The molecule has 0 atom stereocenters. The van der Waals surface area contributed by atoms with E-state index in [9.17, 15) is 0 Å². The number of H-pyrrole nitrogens is 2. The Labute approximate surface area is 211 Å². The molecule has 36 heavy (non-hydrogen) atoms. The number of hydrogen-bond acceptors (Lipinski definition) is 6. The Balaban J connectivity index is 1.26. The molecule has 2 N–H and O–H groups in total. The Morgan fingerprint density at radius 1 is 0.861 bits per heavy atom. The van der Waals surface area contributed by atoms with E-state index in [0.717, 1.165) is 74.3 Å². The average Bonchev–Trinajstić information content (AvgIpc) is 3.68. The number of fused-ring (bicyclic) bond motifs is 2. The number of thiophene rings is 1. The highest BCUT2D eigenvalue weighted by Gasteiger charge is 2.17. The molecule has 1 aliphatic carbocycles. The topological polar surface area (TPSA) is 92.4 Å². The van der Waals surface area contributed by atoms with Crippen LogP contribution in [0.4, 0.5) is 0 Å². The van der Waals surface area contributed by atoms with Crippen LogP contribution in [-0.4, -0.2) is 36.2 Å². The first kappa shape index (κ1) is 21.3. The number of nitrogens with one attached hydrogen (secondary N) is 2. The molecule has 6 aromatic heterocycles. The van der Waals surface area contributed by atoms with E-state index in [1.807, 2.05) is 30.7 Å². The molecular weight excluding hydrogens is 468 g/mol. The van der Waals surface area contributed by atoms with Crippen molar-refractivity contribution >= 4 is 33.1 Å². The van der Waals surface area contributed by atoms with Crippen molar-refractivity contribution in [1.82, 2.24) is 30.1 Å². The predicted molar refractivity (Wildman–Crippen MR) is 143 cm³/mol. The summed E-state index contributed by atoms with van der Waals surface area (Å²) in [5.41, 5.74) is 7.56. The normalized spacial score (nSPS) is 14.6. The van der Waals surface area contributed by atoms with Crippen LogP contribution >= 0.6 is 11.3 Å². The van der Waals surface area contributed by atoms with Gasteiger partial charge in [-0.05, 0) is 61.4 Å². The van der Waals surface area contributed by atoms with Gasteiger partial charge in [-0.2, -0.15) is 16.4 Å². The standard InChI is InChI=1S/C28H24N6OS/c1-2-4-19(5-3-1)35-20-10-18(13-29-14-20)24-11-22-26(15-31-24)33-34-28(22)25-12-21-23(32-25)6-8-30-27(21)17-7-9-36-16-17/h6-16,19,32H,1-5H2,(H,33,34). The molecule has 0 spiro atoms. The molecule has 6 aromatic rings. The number of aromatic amines is 2. The van der Waals surface area contributed by atoms with Gasteiger partial charge < -0.3 is 9.72 Å². The van der Waals surface area contributed by atoms with Crippen molar-refractivity contribution in [2.75, 3.05) is 0 Å². The highest BCUT2D eigenvalue weighted by Crippen LogP contribution is 2.34. The summed E-state index contributed by atoms with van der Waals surface area (Å²) in [5, 5.41) is 14.0. The highest BCUT2D eigenvalue weighted by molar-refractivity contribution is 7.08. The van der Waals surface area contributed by atoms with Gasteiger partial charge in [-0.15, -0.1) is 0 Å². The lowest BCUT2D eigenvalue weighted by Crippen LogP contribution is -2.19. The van der Waals surface area contributed by atoms with Crippen molar-refractivity contribution < 1.29 is 4.74 Å². The number of ether oxygens (including phenoxy) is 1. The SMILES string of the molecule is c1cc2[nH]c(-c3n[nH]c4cnc(-c5cncc(OC6CCCCC6)c5)cc34)cc2c(-c2ccsc2)n1. The van der Waals surface area contributed by atoms with Crippen molar-refractivity contribution in [1.29, 1.82) is 0 Å². The summed E-state index contributed by atoms with van der Waals surface area (Å²) in [6.45, 7) is 0. The van der Waals surface area contributed by atoms with Crippen molar-refractivity contribution in [3.8, 4) is 39.7 Å². The molecule has 0 radical (unpaired) electrons. The minimum Gasteiger partial charge on any atom is -0.489 e. The second kappa shape index (κ2) is 8.87. The van der Waals surface area contributed by atoms with Crippen molar-refractivity contribution in [3.63, 3.8) is 0 Å². The highest BCUT2D eigenvalue weighted by atomic mass is 32.1. The summed E-state index contributed by atoms with van der Waals surface area (Å²) in [6.07, 6.45) is 13.6. The molecular formula is C28H24N6OS. The fraction of sp³-hybridized carbons (Fsp3) is 0.214. The monoisotopic (exact) mass is 492 g/mol. The third kappa shape index (κ3) is 3.83. The quantitative estimate of drug-likeness (QED) is 0.270. The van der Waals surface area contributed by atoms with E-state index in [0.29, 0.717) is 0 Å².